The Kier molecular flexibility index (Phi) is 4.60. The van der Waals surface area contributed by atoms with E-state index in [2.05, 4.69) is 39.4 Å². The molecule has 0 saturated carbocycles. The summed E-state index contributed by atoms with van der Waals surface area (Å²) in [5.41, 5.74) is 2.46. The monoisotopic (exact) mass is 309 g/mol. The second kappa shape index (κ2) is 6.20. The fourth-order valence-corrected chi connectivity index (χ4v) is 2.27. The van der Waals surface area contributed by atoms with Crippen LogP contribution in [0.2, 0.25) is 5.02 Å². The molecule has 0 aliphatic rings. The molecule has 0 unspecified atom stereocenters. The maximum atomic E-state index is 5.93. The molecule has 2 aromatic carbocycles. The van der Waals surface area contributed by atoms with Gasteiger partial charge >= 0.3 is 0 Å². The molecule has 0 bridgehead atoms. The molecule has 0 atom stereocenters. The second-order valence-electron chi connectivity index (χ2n) is 3.82. The first-order valence-electron chi connectivity index (χ1n) is 5.44. The third-order valence-electron chi connectivity index (χ3n) is 2.49. The SMILES string of the molecule is Clc1cccc(CNCc2ccccc2Br)c1. The number of nitrogens with one attached hydrogen (secondary N) is 1. The van der Waals surface area contributed by atoms with Crippen molar-refractivity contribution < 1.29 is 0 Å². The van der Waals surface area contributed by atoms with Crippen molar-refractivity contribution in [2.75, 3.05) is 0 Å². The number of hydrogen-bond donors (Lipinski definition) is 1. The largest absolute Gasteiger partial charge is 0.309 e. The average molecular weight is 311 g/mol. The lowest BCUT2D eigenvalue weighted by Gasteiger charge is -2.07. The summed E-state index contributed by atoms with van der Waals surface area (Å²) in [5, 5.41) is 4.18. The molecule has 0 saturated heterocycles. The highest BCUT2D eigenvalue weighted by Crippen LogP contribution is 2.16. The summed E-state index contributed by atoms with van der Waals surface area (Å²) in [6.07, 6.45) is 0. The van der Waals surface area contributed by atoms with Gasteiger partial charge in [0.25, 0.3) is 0 Å². The summed E-state index contributed by atoms with van der Waals surface area (Å²) in [4.78, 5) is 0. The van der Waals surface area contributed by atoms with Gasteiger partial charge in [-0.3, -0.25) is 0 Å². The predicted molar refractivity (Wildman–Crippen MR) is 76.1 cm³/mol. The molecule has 1 N–H and O–H groups in total. The summed E-state index contributed by atoms with van der Waals surface area (Å²) in [5.74, 6) is 0. The van der Waals surface area contributed by atoms with Gasteiger partial charge < -0.3 is 5.32 Å². The number of rotatable bonds is 4. The molecule has 3 heteroatoms. The highest BCUT2D eigenvalue weighted by atomic mass is 79.9. The molecule has 0 amide bonds. The van der Waals surface area contributed by atoms with Crippen LogP contribution in [0.25, 0.3) is 0 Å². The molecule has 0 radical (unpaired) electrons. The van der Waals surface area contributed by atoms with Crippen LogP contribution in [0.3, 0.4) is 0 Å². The van der Waals surface area contributed by atoms with Crippen LogP contribution < -0.4 is 5.32 Å². The van der Waals surface area contributed by atoms with Gasteiger partial charge in [-0.05, 0) is 29.3 Å². The van der Waals surface area contributed by atoms with Crippen LogP contribution in [0.4, 0.5) is 0 Å². The summed E-state index contributed by atoms with van der Waals surface area (Å²) in [6, 6.07) is 16.1. The normalized spacial score (nSPS) is 10.5. The van der Waals surface area contributed by atoms with Crippen molar-refractivity contribution in [1.82, 2.24) is 5.32 Å². The molecule has 17 heavy (non-hydrogen) atoms. The van der Waals surface area contributed by atoms with Crippen molar-refractivity contribution in [1.29, 1.82) is 0 Å². The molecule has 0 aliphatic carbocycles. The summed E-state index contributed by atoms with van der Waals surface area (Å²) >= 11 is 9.46. The van der Waals surface area contributed by atoms with E-state index in [1.165, 1.54) is 11.1 Å². The van der Waals surface area contributed by atoms with Crippen molar-refractivity contribution in [3.63, 3.8) is 0 Å². The summed E-state index contributed by atoms with van der Waals surface area (Å²) in [6.45, 7) is 1.66. The smallest absolute Gasteiger partial charge is 0.0409 e. The topological polar surface area (TPSA) is 12.0 Å². The van der Waals surface area contributed by atoms with Gasteiger partial charge in [0.15, 0.2) is 0 Å². The first-order valence-corrected chi connectivity index (χ1v) is 6.61. The molecule has 0 aliphatic heterocycles. The highest BCUT2D eigenvalue weighted by molar-refractivity contribution is 9.10. The van der Waals surface area contributed by atoms with Crippen molar-refractivity contribution >= 4 is 27.5 Å². The van der Waals surface area contributed by atoms with E-state index in [9.17, 15) is 0 Å². The van der Waals surface area contributed by atoms with E-state index in [4.69, 9.17) is 11.6 Å². The zero-order valence-corrected chi connectivity index (χ0v) is 11.6. The molecule has 0 fully saturated rings. The molecule has 2 aromatic rings. The van der Waals surface area contributed by atoms with Gasteiger partial charge in [0, 0.05) is 22.6 Å². The fraction of sp³-hybridized carbons (Fsp3) is 0.143. The van der Waals surface area contributed by atoms with E-state index < -0.39 is 0 Å². The van der Waals surface area contributed by atoms with E-state index >= 15 is 0 Å². The van der Waals surface area contributed by atoms with Crippen LogP contribution in [0.15, 0.2) is 53.0 Å². The van der Waals surface area contributed by atoms with E-state index in [0.29, 0.717) is 0 Å². The molecule has 0 aromatic heterocycles. The van der Waals surface area contributed by atoms with Crippen molar-refractivity contribution in [2.24, 2.45) is 0 Å². The Bertz CT molecular complexity index is 499. The highest BCUT2D eigenvalue weighted by Gasteiger charge is 1.98. The fourth-order valence-electron chi connectivity index (χ4n) is 1.63. The van der Waals surface area contributed by atoms with Crippen LogP contribution in [-0.4, -0.2) is 0 Å². The van der Waals surface area contributed by atoms with Crippen molar-refractivity contribution in [3.8, 4) is 0 Å². The van der Waals surface area contributed by atoms with Crippen molar-refractivity contribution in [3.05, 3.63) is 69.2 Å². The lowest BCUT2D eigenvalue weighted by atomic mass is 10.2. The maximum absolute atomic E-state index is 5.93. The van der Waals surface area contributed by atoms with E-state index in [1.807, 2.05) is 30.3 Å². The Morgan fingerprint density at radius 2 is 1.82 bits per heavy atom. The van der Waals surface area contributed by atoms with Crippen LogP contribution >= 0.6 is 27.5 Å². The molecular formula is C14H13BrClN. The van der Waals surface area contributed by atoms with Gasteiger partial charge in [-0.25, -0.2) is 0 Å². The van der Waals surface area contributed by atoms with Gasteiger partial charge in [-0.1, -0.05) is 57.9 Å². The van der Waals surface area contributed by atoms with Gasteiger partial charge in [0.1, 0.15) is 0 Å². The first kappa shape index (κ1) is 12.6. The average Bonchev–Trinajstić information content (AvgIpc) is 2.32. The van der Waals surface area contributed by atoms with E-state index in [1.54, 1.807) is 0 Å². The minimum Gasteiger partial charge on any atom is -0.309 e. The van der Waals surface area contributed by atoms with Gasteiger partial charge in [-0.15, -0.1) is 0 Å². The van der Waals surface area contributed by atoms with Crippen LogP contribution in [0.1, 0.15) is 11.1 Å². The standard InChI is InChI=1S/C14H13BrClN/c15-14-7-2-1-5-12(14)10-17-9-11-4-3-6-13(16)8-11/h1-8,17H,9-10H2. The molecule has 2 rings (SSSR count). The van der Waals surface area contributed by atoms with Gasteiger partial charge in [0.2, 0.25) is 0 Å². The van der Waals surface area contributed by atoms with Crippen LogP contribution in [-0.2, 0) is 13.1 Å². The number of benzene rings is 2. The van der Waals surface area contributed by atoms with Gasteiger partial charge in [-0.2, -0.15) is 0 Å². The Labute approximate surface area is 115 Å². The first-order chi connectivity index (χ1) is 8.25. The molecular weight excluding hydrogens is 298 g/mol. The quantitative estimate of drug-likeness (QED) is 0.883. The zero-order valence-electron chi connectivity index (χ0n) is 9.29. The predicted octanol–water partition coefficient (Wildman–Crippen LogP) is 4.39. The number of hydrogen-bond acceptors (Lipinski definition) is 1. The lowest BCUT2D eigenvalue weighted by Crippen LogP contribution is -2.12. The van der Waals surface area contributed by atoms with E-state index in [-0.39, 0.29) is 0 Å². The summed E-state index contributed by atoms with van der Waals surface area (Å²) in [7, 11) is 0. The Balaban J connectivity index is 1.90. The molecule has 88 valence electrons. The summed E-state index contributed by atoms with van der Waals surface area (Å²) < 4.78 is 1.14. The molecule has 0 heterocycles. The minimum atomic E-state index is 0.783. The molecule has 1 nitrogen and oxygen atoms in total. The van der Waals surface area contributed by atoms with E-state index in [0.717, 1.165) is 22.6 Å². The maximum Gasteiger partial charge on any atom is 0.0409 e. The Morgan fingerprint density at radius 1 is 1.00 bits per heavy atom. The Morgan fingerprint density at radius 3 is 2.59 bits per heavy atom. The lowest BCUT2D eigenvalue weighted by molar-refractivity contribution is 0.691. The third kappa shape index (κ3) is 3.84. The second-order valence-corrected chi connectivity index (χ2v) is 5.12. The van der Waals surface area contributed by atoms with Crippen LogP contribution in [0.5, 0.6) is 0 Å². The van der Waals surface area contributed by atoms with Gasteiger partial charge in [0.05, 0.1) is 0 Å². The minimum absolute atomic E-state index is 0.783. The third-order valence-corrected chi connectivity index (χ3v) is 3.50. The van der Waals surface area contributed by atoms with Crippen LogP contribution in [0, 0.1) is 0 Å². The van der Waals surface area contributed by atoms with Crippen molar-refractivity contribution in [2.45, 2.75) is 13.1 Å². The zero-order chi connectivity index (χ0) is 12.1. The number of halogens is 2. The molecule has 0 spiro atoms. The Hall–Kier alpha value is -0.830.